The normalized spacial score (nSPS) is 16.2. The predicted octanol–water partition coefficient (Wildman–Crippen LogP) is 6.44. The average molecular weight is 460 g/mol. The van der Waals surface area contributed by atoms with Crippen molar-refractivity contribution in [1.82, 2.24) is 0 Å². The molecule has 0 aliphatic heterocycles. The van der Waals surface area contributed by atoms with Crippen LogP contribution in [0.25, 0.3) is 0 Å². The molecule has 0 atom stereocenters. The van der Waals surface area contributed by atoms with Crippen molar-refractivity contribution >= 4 is 5.97 Å². The number of benzene rings is 2. The molecule has 2 saturated carbocycles. The number of rotatable bonds is 4. The van der Waals surface area contributed by atoms with Crippen molar-refractivity contribution in [3.05, 3.63) is 69.8 Å². The van der Waals surface area contributed by atoms with Crippen LogP contribution in [-0.4, -0.2) is 18.2 Å². The number of hydrogen-bond acceptors (Lipinski definition) is 3. The fourth-order valence-electron chi connectivity index (χ4n) is 3.49. The van der Waals surface area contributed by atoms with E-state index in [9.17, 15) is 31.1 Å². The van der Waals surface area contributed by atoms with E-state index in [1.54, 1.807) is 6.07 Å². The molecule has 2 aromatic rings. The Kier molecular flexibility index (Phi) is 6.88. The van der Waals surface area contributed by atoms with Crippen LogP contribution in [0.3, 0.4) is 0 Å². The third-order valence-electron chi connectivity index (χ3n) is 5.42. The van der Waals surface area contributed by atoms with Crippen molar-refractivity contribution in [3.63, 3.8) is 0 Å². The van der Waals surface area contributed by atoms with Gasteiger partial charge in [-0.15, -0.1) is 0 Å². The van der Waals surface area contributed by atoms with E-state index in [0.717, 1.165) is 44.9 Å². The van der Waals surface area contributed by atoms with E-state index in [1.807, 2.05) is 0 Å². The number of aliphatic hydroxyl groups excluding tert-OH is 1. The lowest BCUT2D eigenvalue weighted by molar-refractivity contribution is -0.139. The standard InChI is InChI=1S/C12H11F3O2.C11H11F3O/c1-17-11(16)8-4-5-9(7-2-3-7)10(6-8)12(13,14)15;12-11(13,14)10-5-7(6-15)1-4-9(10)8-2-3-8/h4-7H,2-3H2,1H3;1,4-5,8,15H,2-3,6H2. The molecule has 2 aliphatic rings. The number of carbonyl (C=O) groups is 1. The van der Waals surface area contributed by atoms with Gasteiger partial charge in [0.05, 0.1) is 30.4 Å². The molecule has 32 heavy (non-hydrogen) atoms. The number of aliphatic hydroxyl groups is 1. The fourth-order valence-corrected chi connectivity index (χ4v) is 3.49. The number of hydrogen-bond donors (Lipinski definition) is 1. The number of esters is 1. The minimum absolute atomic E-state index is 0.0154. The van der Waals surface area contributed by atoms with Gasteiger partial charge in [0, 0.05) is 0 Å². The van der Waals surface area contributed by atoms with E-state index in [2.05, 4.69) is 4.74 Å². The van der Waals surface area contributed by atoms with Gasteiger partial charge in [0.15, 0.2) is 0 Å². The van der Waals surface area contributed by atoms with Crippen molar-refractivity contribution in [3.8, 4) is 0 Å². The maximum Gasteiger partial charge on any atom is 0.416 e. The first-order valence-electron chi connectivity index (χ1n) is 10.1. The van der Waals surface area contributed by atoms with Crippen LogP contribution in [0.2, 0.25) is 0 Å². The molecule has 0 spiro atoms. The molecular formula is C23H22F6O3. The number of carbonyl (C=O) groups excluding carboxylic acids is 1. The summed E-state index contributed by atoms with van der Waals surface area (Å²) in [4.78, 5) is 11.2. The van der Waals surface area contributed by atoms with E-state index < -0.39 is 29.4 Å². The molecule has 174 valence electrons. The Morgan fingerprint density at radius 3 is 1.75 bits per heavy atom. The minimum atomic E-state index is -4.43. The topological polar surface area (TPSA) is 46.5 Å². The predicted molar refractivity (Wildman–Crippen MR) is 104 cm³/mol. The van der Waals surface area contributed by atoms with E-state index in [0.29, 0.717) is 11.1 Å². The summed E-state index contributed by atoms with van der Waals surface area (Å²) in [6, 6.07) is 7.74. The van der Waals surface area contributed by atoms with Crippen molar-refractivity contribution in [2.24, 2.45) is 0 Å². The molecule has 0 unspecified atom stereocenters. The monoisotopic (exact) mass is 460 g/mol. The smallest absolute Gasteiger partial charge is 0.416 e. The number of ether oxygens (including phenoxy) is 1. The first-order chi connectivity index (χ1) is 15.0. The Balaban J connectivity index is 0.000000182. The first kappa shape index (κ1) is 24.1. The van der Waals surface area contributed by atoms with Gasteiger partial charge in [0.2, 0.25) is 0 Å². The summed E-state index contributed by atoms with van der Waals surface area (Å²) in [7, 11) is 1.14. The molecule has 0 heterocycles. The highest BCUT2D eigenvalue weighted by Gasteiger charge is 2.39. The maximum absolute atomic E-state index is 12.8. The molecule has 0 saturated heterocycles. The van der Waals surface area contributed by atoms with Crippen molar-refractivity contribution in [1.29, 1.82) is 0 Å². The van der Waals surface area contributed by atoms with Crippen LogP contribution in [0.1, 0.15) is 75.7 Å². The zero-order valence-corrected chi connectivity index (χ0v) is 17.2. The second kappa shape index (κ2) is 9.13. The summed E-state index contributed by atoms with van der Waals surface area (Å²) in [6.45, 7) is -0.353. The van der Waals surface area contributed by atoms with Crippen LogP contribution in [0.4, 0.5) is 26.3 Å². The third-order valence-corrected chi connectivity index (χ3v) is 5.42. The Bertz CT molecular complexity index is 973. The minimum Gasteiger partial charge on any atom is -0.465 e. The zero-order valence-electron chi connectivity index (χ0n) is 17.2. The molecule has 9 heteroatoms. The molecule has 4 rings (SSSR count). The van der Waals surface area contributed by atoms with E-state index >= 15 is 0 Å². The van der Waals surface area contributed by atoms with Gasteiger partial charge in [-0.25, -0.2) is 4.79 Å². The van der Waals surface area contributed by atoms with E-state index in [4.69, 9.17) is 5.11 Å². The van der Waals surface area contributed by atoms with Gasteiger partial charge < -0.3 is 9.84 Å². The SMILES string of the molecule is COC(=O)c1ccc(C2CC2)c(C(F)(F)F)c1.OCc1ccc(C2CC2)c(C(F)(F)F)c1. The number of methoxy groups -OCH3 is 1. The molecule has 1 N–H and O–H groups in total. The highest BCUT2D eigenvalue weighted by molar-refractivity contribution is 5.89. The molecule has 3 nitrogen and oxygen atoms in total. The van der Waals surface area contributed by atoms with Gasteiger partial charge >= 0.3 is 18.3 Å². The molecular weight excluding hydrogens is 438 g/mol. The van der Waals surface area contributed by atoms with Crippen LogP contribution in [0.5, 0.6) is 0 Å². The van der Waals surface area contributed by atoms with E-state index in [1.165, 1.54) is 18.2 Å². The van der Waals surface area contributed by atoms with Crippen molar-refractivity contribution in [2.45, 2.75) is 56.5 Å². The lowest BCUT2D eigenvalue weighted by Gasteiger charge is -2.13. The Hall–Kier alpha value is -2.55. The summed E-state index contributed by atoms with van der Waals surface area (Å²) in [5.41, 5.74) is -0.403. The number of halogens is 6. The number of alkyl halides is 6. The largest absolute Gasteiger partial charge is 0.465 e. The fraction of sp³-hybridized carbons (Fsp3) is 0.435. The third kappa shape index (κ3) is 5.82. The molecule has 2 fully saturated rings. The van der Waals surface area contributed by atoms with Gasteiger partial charge in [-0.2, -0.15) is 26.3 Å². The Labute approximate surface area is 181 Å². The van der Waals surface area contributed by atoms with Crippen LogP contribution in [-0.2, 0) is 23.7 Å². The van der Waals surface area contributed by atoms with Gasteiger partial charge in [0.25, 0.3) is 0 Å². The molecule has 2 aromatic carbocycles. The van der Waals surface area contributed by atoms with Crippen molar-refractivity contribution in [2.75, 3.05) is 7.11 Å². The van der Waals surface area contributed by atoms with Crippen LogP contribution in [0, 0.1) is 0 Å². The second-order valence-corrected chi connectivity index (χ2v) is 7.92. The summed E-state index contributed by atoms with van der Waals surface area (Å²) in [5, 5.41) is 8.81. The van der Waals surface area contributed by atoms with E-state index in [-0.39, 0.29) is 29.6 Å². The van der Waals surface area contributed by atoms with Gasteiger partial charge in [0.1, 0.15) is 0 Å². The molecule has 0 amide bonds. The van der Waals surface area contributed by atoms with Gasteiger partial charge in [-0.3, -0.25) is 0 Å². The first-order valence-corrected chi connectivity index (χ1v) is 10.1. The quantitative estimate of drug-likeness (QED) is 0.422. The van der Waals surface area contributed by atoms with Crippen molar-refractivity contribution < 1.29 is 41.0 Å². The summed E-state index contributed by atoms with van der Waals surface area (Å²) in [5.74, 6) is -0.703. The average Bonchev–Trinajstić information content (AvgIpc) is 3.64. The second-order valence-electron chi connectivity index (χ2n) is 7.92. The summed E-state index contributed by atoms with van der Waals surface area (Å²) < 4.78 is 80.9. The Morgan fingerprint density at radius 1 is 0.875 bits per heavy atom. The van der Waals surface area contributed by atoms with Gasteiger partial charge in [-0.05, 0) is 72.4 Å². The molecule has 0 radical (unpaired) electrons. The summed E-state index contributed by atoms with van der Waals surface area (Å²) in [6.07, 6.45) is -5.52. The van der Waals surface area contributed by atoms with Gasteiger partial charge in [-0.1, -0.05) is 18.2 Å². The lowest BCUT2D eigenvalue weighted by Crippen LogP contribution is -2.11. The van der Waals surface area contributed by atoms with Crippen LogP contribution < -0.4 is 0 Å². The summed E-state index contributed by atoms with van der Waals surface area (Å²) >= 11 is 0. The molecule has 0 aromatic heterocycles. The highest BCUT2D eigenvalue weighted by Crippen LogP contribution is 2.47. The molecule has 2 aliphatic carbocycles. The van der Waals surface area contributed by atoms with Crippen LogP contribution in [0.15, 0.2) is 36.4 Å². The van der Waals surface area contributed by atoms with Crippen LogP contribution >= 0.6 is 0 Å². The zero-order chi connectivity index (χ0) is 23.7. The highest BCUT2D eigenvalue weighted by atomic mass is 19.4. The Morgan fingerprint density at radius 2 is 1.34 bits per heavy atom. The molecule has 0 bridgehead atoms. The lowest BCUT2D eigenvalue weighted by atomic mass is 10.00. The maximum atomic E-state index is 12.8.